The van der Waals surface area contributed by atoms with E-state index in [1.54, 1.807) is 6.07 Å². The average Bonchev–Trinajstić information content (AvgIpc) is 2.90. The van der Waals surface area contributed by atoms with Crippen molar-refractivity contribution in [2.45, 2.75) is 61.7 Å². The Morgan fingerprint density at radius 1 is 1.24 bits per heavy atom. The summed E-state index contributed by atoms with van der Waals surface area (Å²) >= 11 is 1.49. The van der Waals surface area contributed by atoms with Crippen molar-refractivity contribution in [2.24, 2.45) is 5.41 Å². The van der Waals surface area contributed by atoms with Crippen molar-refractivity contribution >= 4 is 28.3 Å². The fourth-order valence-corrected chi connectivity index (χ4v) is 7.67. The zero-order valence-electron chi connectivity index (χ0n) is 19.5. The molecule has 2 unspecified atom stereocenters. The van der Waals surface area contributed by atoms with Gasteiger partial charge in [0.1, 0.15) is 5.75 Å². The molecule has 0 bridgehead atoms. The van der Waals surface area contributed by atoms with Gasteiger partial charge in [-0.15, -0.1) is 11.8 Å². The molecule has 2 atom stereocenters. The van der Waals surface area contributed by atoms with Gasteiger partial charge in [0.15, 0.2) is 0 Å². The highest BCUT2D eigenvalue weighted by Gasteiger charge is 2.42. The molecule has 33 heavy (non-hydrogen) atoms. The topological polar surface area (TPSA) is 87.0 Å². The van der Waals surface area contributed by atoms with Crippen molar-refractivity contribution in [3.63, 3.8) is 0 Å². The Kier molecular flexibility index (Phi) is 8.56. The third-order valence-corrected chi connectivity index (χ3v) is 9.42. The summed E-state index contributed by atoms with van der Waals surface area (Å²) in [6, 6.07) is 14.0. The van der Waals surface area contributed by atoms with Gasteiger partial charge < -0.3 is 9.84 Å². The minimum Gasteiger partial charge on any atom is -0.478 e. The highest BCUT2D eigenvalue weighted by molar-refractivity contribution is 8.24. The number of carboxylic acids is 1. The number of benzene rings is 2. The van der Waals surface area contributed by atoms with Gasteiger partial charge in [0, 0.05) is 17.7 Å². The summed E-state index contributed by atoms with van der Waals surface area (Å²) in [7, 11) is -3.09. The number of carboxylic acid groups (broad SMARTS) is 1. The van der Waals surface area contributed by atoms with Crippen molar-refractivity contribution in [3.05, 3.63) is 65.9 Å². The van der Waals surface area contributed by atoms with E-state index in [0.717, 1.165) is 60.5 Å². The van der Waals surface area contributed by atoms with Crippen LogP contribution in [0.4, 0.5) is 0 Å². The van der Waals surface area contributed by atoms with Crippen LogP contribution in [0.15, 0.2) is 64.6 Å². The predicted molar refractivity (Wildman–Crippen MR) is 137 cm³/mol. The lowest BCUT2D eigenvalue weighted by Crippen LogP contribution is -2.28. The van der Waals surface area contributed by atoms with Crippen LogP contribution in [-0.4, -0.2) is 32.2 Å². The van der Waals surface area contributed by atoms with E-state index in [9.17, 15) is 13.9 Å². The van der Waals surface area contributed by atoms with Gasteiger partial charge in [0.25, 0.3) is 0 Å². The second-order valence-electron chi connectivity index (χ2n) is 8.74. The Labute approximate surface area is 202 Å². The van der Waals surface area contributed by atoms with Crippen LogP contribution < -0.4 is 4.74 Å². The second-order valence-corrected chi connectivity index (χ2v) is 11.6. The number of unbranched alkanes of at least 4 members (excludes halogenated alkanes) is 1. The lowest BCUT2D eigenvalue weighted by Gasteiger charge is -2.41. The predicted octanol–water partition coefficient (Wildman–Crippen LogP) is 7.62. The molecular weight excluding hydrogens is 456 g/mol. The monoisotopic (exact) mass is 490 g/mol. The molecule has 0 aromatic heterocycles. The van der Waals surface area contributed by atoms with Crippen LogP contribution >= 0.6 is 22.4 Å². The third kappa shape index (κ3) is 5.96. The lowest BCUT2D eigenvalue weighted by molar-refractivity contribution is -0.131. The number of aliphatic carboxylic acids is 1. The van der Waals surface area contributed by atoms with E-state index in [2.05, 4.69) is 26.0 Å². The van der Waals surface area contributed by atoms with Crippen LogP contribution in [0.3, 0.4) is 0 Å². The van der Waals surface area contributed by atoms with E-state index in [-0.39, 0.29) is 11.3 Å². The first-order valence-electron chi connectivity index (χ1n) is 11.3. The molecule has 0 radical (unpaired) electrons. The smallest absolute Gasteiger partial charge is 0.331 e. The summed E-state index contributed by atoms with van der Waals surface area (Å²) in [5, 5.41) is 8.90. The number of ether oxygens (including phenoxy) is 1. The van der Waals surface area contributed by atoms with Crippen molar-refractivity contribution in [2.75, 3.05) is 12.0 Å². The third-order valence-electron chi connectivity index (χ3n) is 6.59. The fraction of sp³-hybridized carbons (Fsp3) is 0.423. The normalized spacial score (nSPS) is 23.0. The Morgan fingerprint density at radius 2 is 1.97 bits per heavy atom. The minimum absolute atomic E-state index is 0.0289. The molecule has 2 aromatic carbocycles. The van der Waals surface area contributed by atoms with E-state index in [1.807, 2.05) is 30.5 Å². The number of fused-ring (bicyclic) bond motifs is 1. The number of carbonyl (C=O) groups is 1. The fourth-order valence-electron chi connectivity index (χ4n) is 4.77. The number of hydrogen-bond acceptors (Lipinski definition) is 5. The zero-order valence-corrected chi connectivity index (χ0v) is 21.1. The molecule has 0 saturated heterocycles. The Bertz CT molecular complexity index is 990. The molecule has 180 valence electrons. The molecule has 0 aliphatic carbocycles. The summed E-state index contributed by atoms with van der Waals surface area (Å²) in [5.74, 6) is -0.313. The first kappa shape index (κ1) is 25.7. The molecule has 5 nitrogen and oxygen atoms in total. The van der Waals surface area contributed by atoms with Crippen LogP contribution in [0.1, 0.15) is 63.0 Å². The summed E-state index contributed by atoms with van der Waals surface area (Å²) < 4.78 is 28.6. The quantitative estimate of drug-likeness (QED) is 0.190. The molecule has 3 rings (SSSR count). The van der Waals surface area contributed by atoms with E-state index in [0.29, 0.717) is 16.4 Å². The van der Waals surface area contributed by atoms with E-state index < -0.39 is 16.6 Å². The molecule has 2 aromatic rings. The van der Waals surface area contributed by atoms with Gasteiger partial charge in [-0.2, -0.15) is 10.6 Å². The van der Waals surface area contributed by atoms with Gasteiger partial charge in [-0.3, -0.25) is 9.11 Å². The molecular formula is C26H34O5S2. The van der Waals surface area contributed by atoms with Gasteiger partial charge in [-0.1, -0.05) is 57.0 Å². The average molecular weight is 491 g/mol. The lowest BCUT2D eigenvalue weighted by atomic mass is 9.71. The SMILES string of the molecule is CCCCC1(CC)CC(c2ccccc2)c2cc(SC)c(O/C=C/C(=O)O)cc2S(O)(O)C1. The molecule has 0 fully saturated rings. The van der Waals surface area contributed by atoms with Crippen LogP contribution in [-0.2, 0) is 4.79 Å². The Balaban J connectivity index is 2.20. The van der Waals surface area contributed by atoms with Crippen molar-refractivity contribution in [1.82, 2.24) is 0 Å². The summed E-state index contributed by atoms with van der Waals surface area (Å²) in [6.07, 6.45) is 8.77. The van der Waals surface area contributed by atoms with Gasteiger partial charge in [-0.05, 0) is 48.1 Å². The standard InChI is InChI=1S/C26H34O5S2/c1-4-6-13-26(5-2)17-21(19-10-8-7-9-11-19)20-15-23(32-3)22(31-14-12-25(27)28)16-24(20)33(29,30)18-26/h7-12,14-16,21,29-30H,4-6,13,17-18H2,1-3H3,(H,27,28)/b14-12+. The largest absolute Gasteiger partial charge is 0.478 e. The Morgan fingerprint density at radius 3 is 2.58 bits per heavy atom. The molecule has 7 heteroatoms. The van der Waals surface area contributed by atoms with Crippen molar-refractivity contribution in [3.8, 4) is 5.75 Å². The van der Waals surface area contributed by atoms with E-state index in [4.69, 9.17) is 9.84 Å². The van der Waals surface area contributed by atoms with Crippen LogP contribution in [0.2, 0.25) is 0 Å². The van der Waals surface area contributed by atoms with Crippen LogP contribution in [0.25, 0.3) is 0 Å². The molecule has 0 spiro atoms. The molecule has 0 amide bonds. The number of hydrogen-bond donors (Lipinski definition) is 3. The second kappa shape index (κ2) is 11.0. The highest BCUT2D eigenvalue weighted by atomic mass is 32.3. The van der Waals surface area contributed by atoms with E-state index >= 15 is 0 Å². The van der Waals surface area contributed by atoms with Crippen LogP contribution in [0.5, 0.6) is 5.75 Å². The van der Waals surface area contributed by atoms with Gasteiger partial charge in [-0.25, -0.2) is 4.79 Å². The summed E-state index contributed by atoms with van der Waals surface area (Å²) in [6.45, 7) is 4.32. The maximum atomic E-state index is 11.5. The first-order valence-corrected chi connectivity index (χ1v) is 14.3. The van der Waals surface area contributed by atoms with Gasteiger partial charge in [0.05, 0.1) is 22.1 Å². The van der Waals surface area contributed by atoms with Crippen LogP contribution in [0, 0.1) is 5.41 Å². The molecule has 1 aliphatic rings. The highest BCUT2D eigenvalue weighted by Crippen LogP contribution is 2.63. The van der Waals surface area contributed by atoms with Crippen molar-refractivity contribution in [1.29, 1.82) is 0 Å². The molecule has 0 saturated carbocycles. The maximum absolute atomic E-state index is 11.5. The zero-order chi connectivity index (χ0) is 24.1. The molecule has 1 aliphatic heterocycles. The molecule has 3 N–H and O–H groups in total. The summed E-state index contributed by atoms with van der Waals surface area (Å²) in [5.41, 5.74) is 1.90. The van der Waals surface area contributed by atoms with Crippen molar-refractivity contribution < 1.29 is 23.7 Å². The van der Waals surface area contributed by atoms with E-state index in [1.165, 1.54) is 11.8 Å². The number of rotatable bonds is 9. The van der Waals surface area contributed by atoms with Gasteiger partial charge in [0.2, 0.25) is 0 Å². The number of thioether (sulfide) groups is 1. The first-order chi connectivity index (χ1) is 15.7. The maximum Gasteiger partial charge on any atom is 0.331 e. The minimum atomic E-state index is -3.09. The summed E-state index contributed by atoms with van der Waals surface area (Å²) in [4.78, 5) is 12.2. The van der Waals surface area contributed by atoms with Gasteiger partial charge >= 0.3 is 5.97 Å². The molecule has 1 heterocycles. The Hall–Kier alpha value is -1.93.